The van der Waals surface area contributed by atoms with Crippen LogP contribution in [0.25, 0.3) is 0 Å². The summed E-state index contributed by atoms with van der Waals surface area (Å²) in [6.45, 7) is 4.32. The molecule has 0 saturated carbocycles. The summed E-state index contributed by atoms with van der Waals surface area (Å²) in [7, 11) is -3.09. The van der Waals surface area contributed by atoms with Crippen LogP contribution in [-0.4, -0.2) is 64.1 Å². The van der Waals surface area contributed by atoms with Crippen molar-refractivity contribution < 1.29 is 31.3 Å². The molecule has 2 N–H and O–H groups in total. The van der Waals surface area contributed by atoms with Gasteiger partial charge in [-0.3, -0.25) is 4.79 Å². The number of hydrogen-bond donors (Lipinski definition) is 2. The highest BCUT2D eigenvalue weighted by molar-refractivity contribution is 7.91. The SMILES string of the molecule is C[C@@]1(NC(=O)C[NH+]2CCN(c3cccc(C(F)(F)F)c3)CC2)CCS(=O)(=O)C1. The molecule has 156 valence electrons. The molecule has 0 radical (unpaired) electrons. The van der Waals surface area contributed by atoms with Crippen molar-refractivity contribution in [3.05, 3.63) is 29.8 Å². The lowest BCUT2D eigenvalue weighted by atomic mass is 10.0. The van der Waals surface area contributed by atoms with E-state index in [4.69, 9.17) is 0 Å². The van der Waals surface area contributed by atoms with Crippen molar-refractivity contribution in [1.82, 2.24) is 5.32 Å². The fraction of sp³-hybridized carbons (Fsp3) is 0.611. The number of piperazine rings is 1. The normalized spacial score (nSPS) is 25.6. The fourth-order valence-electron chi connectivity index (χ4n) is 3.85. The Hall–Kier alpha value is -1.81. The first-order valence-electron chi connectivity index (χ1n) is 9.23. The van der Waals surface area contributed by atoms with E-state index in [9.17, 15) is 26.4 Å². The molecule has 6 nitrogen and oxygen atoms in total. The van der Waals surface area contributed by atoms with Crippen molar-refractivity contribution in [2.75, 3.05) is 49.1 Å². The van der Waals surface area contributed by atoms with Crippen LogP contribution in [0.4, 0.5) is 18.9 Å². The molecule has 0 aliphatic carbocycles. The van der Waals surface area contributed by atoms with Crippen molar-refractivity contribution in [3.8, 4) is 0 Å². The summed E-state index contributed by atoms with van der Waals surface area (Å²) in [6.07, 6.45) is -3.95. The molecule has 1 aromatic carbocycles. The molecule has 2 saturated heterocycles. The summed E-state index contributed by atoms with van der Waals surface area (Å²) in [6, 6.07) is 5.27. The first-order chi connectivity index (χ1) is 13.0. The predicted molar refractivity (Wildman–Crippen MR) is 99.0 cm³/mol. The molecule has 2 aliphatic heterocycles. The highest BCUT2D eigenvalue weighted by Crippen LogP contribution is 2.31. The molecule has 0 aromatic heterocycles. The second-order valence-electron chi connectivity index (χ2n) is 7.91. The molecule has 1 aromatic rings. The standard InChI is InChI=1S/C18H24F3N3O3S/c1-17(5-10-28(26,27)13-17)22-16(25)12-23-6-8-24(9-7-23)15-4-2-3-14(11-15)18(19,20)21/h2-4,11H,5-10,12-13H2,1H3,(H,22,25)/p+1/t17-/m1/s1. The highest BCUT2D eigenvalue weighted by atomic mass is 32.2. The molecule has 2 heterocycles. The lowest BCUT2D eigenvalue weighted by Crippen LogP contribution is -3.16. The van der Waals surface area contributed by atoms with Gasteiger partial charge in [0.25, 0.3) is 5.91 Å². The number of amides is 1. The van der Waals surface area contributed by atoms with Crippen LogP contribution in [0.5, 0.6) is 0 Å². The smallest absolute Gasteiger partial charge is 0.360 e. The van der Waals surface area contributed by atoms with E-state index in [2.05, 4.69) is 5.32 Å². The fourth-order valence-corrected chi connectivity index (χ4v) is 5.95. The van der Waals surface area contributed by atoms with Crippen LogP contribution in [0, 0.1) is 0 Å². The number of carbonyl (C=O) groups excluding carboxylic acids is 1. The number of nitrogens with one attached hydrogen (secondary N) is 2. The second-order valence-corrected chi connectivity index (χ2v) is 10.1. The van der Waals surface area contributed by atoms with Crippen LogP contribution in [0.1, 0.15) is 18.9 Å². The summed E-state index contributed by atoms with van der Waals surface area (Å²) in [5.41, 5.74) is -0.851. The Morgan fingerprint density at radius 2 is 1.96 bits per heavy atom. The Morgan fingerprint density at radius 3 is 2.54 bits per heavy atom. The minimum atomic E-state index is -4.37. The van der Waals surface area contributed by atoms with Crippen LogP contribution >= 0.6 is 0 Å². The maximum Gasteiger partial charge on any atom is 0.416 e. The Morgan fingerprint density at radius 1 is 1.29 bits per heavy atom. The van der Waals surface area contributed by atoms with Gasteiger partial charge in [-0.1, -0.05) is 6.07 Å². The van der Waals surface area contributed by atoms with Crippen LogP contribution < -0.4 is 15.1 Å². The Bertz CT molecular complexity index is 836. The summed E-state index contributed by atoms with van der Waals surface area (Å²) < 4.78 is 61.9. The number of alkyl halides is 3. The quantitative estimate of drug-likeness (QED) is 0.725. The molecule has 10 heteroatoms. The third-order valence-electron chi connectivity index (χ3n) is 5.36. The molecule has 0 unspecified atom stereocenters. The first-order valence-corrected chi connectivity index (χ1v) is 11.1. The predicted octanol–water partition coefficient (Wildman–Crippen LogP) is 0.104. The van der Waals surface area contributed by atoms with Gasteiger partial charge in [-0.25, -0.2) is 8.42 Å². The average molecular weight is 420 g/mol. The summed E-state index contributed by atoms with van der Waals surface area (Å²) >= 11 is 0. The zero-order valence-electron chi connectivity index (χ0n) is 15.7. The Labute approximate surface area is 162 Å². The van der Waals surface area contributed by atoms with Gasteiger partial charge in [0, 0.05) is 5.69 Å². The van der Waals surface area contributed by atoms with Crippen LogP contribution in [0.15, 0.2) is 24.3 Å². The molecule has 2 aliphatic rings. The lowest BCUT2D eigenvalue weighted by molar-refractivity contribution is -0.892. The first kappa shape index (κ1) is 20.9. The highest BCUT2D eigenvalue weighted by Gasteiger charge is 2.40. The van der Waals surface area contributed by atoms with Gasteiger partial charge in [0.1, 0.15) is 0 Å². The third-order valence-corrected chi connectivity index (χ3v) is 7.27. The summed E-state index contributed by atoms with van der Waals surface area (Å²) in [4.78, 5) is 15.2. The van der Waals surface area contributed by atoms with E-state index >= 15 is 0 Å². The van der Waals surface area contributed by atoms with Gasteiger partial charge >= 0.3 is 6.18 Å². The van der Waals surface area contributed by atoms with E-state index in [0.717, 1.165) is 17.0 Å². The van der Waals surface area contributed by atoms with Gasteiger partial charge < -0.3 is 15.1 Å². The van der Waals surface area contributed by atoms with Crippen molar-refractivity contribution >= 4 is 21.4 Å². The number of nitrogens with zero attached hydrogens (tertiary/aromatic N) is 1. The number of benzene rings is 1. The Kier molecular flexibility index (Phi) is 5.64. The third kappa shape index (κ3) is 5.16. The zero-order valence-corrected chi connectivity index (χ0v) is 16.5. The second kappa shape index (κ2) is 7.55. The maximum atomic E-state index is 12.9. The van der Waals surface area contributed by atoms with Gasteiger partial charge in [0.15, 0.2) is 16.4 Å². The zero-order chi connectivity index (χ0) is 20.6. The van der Waals surface area contributed by atoms with E-state index in [1.165, 1.54) is 6.07 Å². The molecule has 1 amide bonds. The van der Waals surface area contributed by atoms with Gasteiger partial charge in [0.05, 0.1) is 48.8 Å². The van der Waals surface area contributed by atoms with E-state index in [0.29, 0.717) is 38.3 Å². The lowest BCUT2D eigenvalue weighted by Gasteiger charge is -2.34. The molecular weight excluding hydrogens is 395 g/mol. The number of quaternary nitrogens is 1. The molecule has 0 spiro atoms. The summed E-state index contributed by atoms with van der Waals surface area (Å²) in [5.74, 6) is -0.140. The molecule has 28 heavy (non-hydrogen) atoms. The minimum absolute atomic E-state index is 0.0373. The van der Waals surface area contributed by atoms with Crippen molar-refractivity contribution in [2.24, 2.45) is 0 Å². The number of rotatable bonds is 4. The maximum absolute atomic E-state index is 12.9. The van der Waals surface area contributed by atoms with Crippen LogP contribution in [0.3, 0.4) is 0 Å². The van der Waals surface area contributed by atoms with Crippen molar-refractivity contribution in [3.63, 3.8) is 0 Å². The molecule has 2 fully saturated rings. The van der Waals surface area contributed by atoms with Gasteiger partial charge in [-0.05, 0) is 31.5 Å². The van der Waals surface area contributed by atoms with Gasteiger partial charge in [-0.2, -0.15) is 13.2 Å². The number of anilines is 1. The largest absolute Gasteiger partial charge is 0.416 e. The molecule has 0 bridgehead atoms. The number of sulfone groups is 1. The average Bonchev–Trinajstić information content (AvgIpc) is 2.87. The Balaban J connectivity index is 1.51. The van der Waals surface area contributed by atoms with Crippen LogP contribution in [0.2, 0.25) is 0 Å². The monoisotopic (exact) mass is 420 g/mol. The number of hydrogen-bond acceptors (Lipinski definition) is 4. The topological polar surface area (TPSA) is 70.9 Å². The van der Waals surface area contributed by atoms with E-state index in [1.54, 1.807) is 13.0 Å². The van der Waals surface area contributed by atoms with Gasteiger partial charge in [0.2, 0.25) is 0 Å². The molecule has 1 atom stereocenters. The van der Waals surface area contributed by atoms with Crippen molar-refractivity contribution in [2.45, 2.75) is 25.1 Å². The van der Waals surface area contributed by atoms with E-state index < -0.39 is 27.1 Å². The van der Waals surface area contributed by atoms with E-state index in [-0.39, 0.29) is 24.0 Å². The van der Waals surface area contributed by atoms with E-state index in [1.807, 2.05) is 4.90 Å². The van der Waals surface area contributed by atoms with Gasteiger partial charge in [-0.15, -0.1) is 0 Å². The number of halogens is 3. The minimum Gasteiger partial charge on any atom is -0.360 e. The molecule has 3 rings (SSSR count). The molecular formula is C18H25F3N3O3S+. The number of carbonyl (C=O) groups is 1. The summed E-state index contributed by atoms with van der Waals surface area (Å²) in [5, 5.41) is 2.85. The van der Waals surface area contributed by atoms with Crippen molar-refractivity contribution in [1.29, 1.82) is 0 Å². The van der Waals surface area contributed by atoms with Crippen LogP contribution in [-0.2, 0) is 20.8 Å².